The summed E-state index contributed by atoms with van der Waals surface area (Å²) in [5.41, 5.74) is 3.29. The Morgan fingerprint density at radius 2 is 1.71 bits per heavy atom. The molecule has 0 radical (unpaired) electrons. The lowest BCUT2D eigenvalue weighted by molar-refractivity contribution is 0.0769. The highest BCUT2D eigenvalue weighted by Gasteiger charge is 2.42. The molecule has 3 atom stereocenters. The molecule has 2 amide bonds. The number of aryl methyl sites for hydroxylation is 2. The predicted molar refractivity (Wildman–Crippen MR) is 146 cm³/mol. The van der Waals surface area contributed by atoms with Gasteiger partial charge >= 0.3 is 0 Å². The third-order valence-electron chi connectivity index (χ3n) is 7.84. The van der Waals surface area contributed by atoms with Crippen LogP contribution >= 0.6 is 11.6 Å². The molecular formula is C30H32ClFN4O2. The monoisotopic (exact) mass is 534 g/mol. The zero-order chi connectivity index (χ0) is 26.8. The minimum Gasteiger partial charge on any atom is -0.345 e. The van der Waals surface area contributed by atoms with E-state index in [2.05, 4.69) is 15.2 Å². The van der Waals surface area contributed by atoms with Gasteiger partial charge in [0.1, 0.15) is 5.82 Å². The Hall–Kier alpha value is -3.29. The highest BCUT2D eigenvalue weighted by atomic mass is 35.5. The van der Waals surface area contributed by atoms with Crippen LogP contribution in [-0.4, -0.2) is 59.3 Å². The lowest BCUT2D eigenvalue weighted by atomic mass is 10.0. The number of rotatable bonds is 7. The maximum atomic E-state index is 14.3. The highest BCUT2D eigenvalue weighted by Crippen LogP contribution is 2.34. The van der Waals surface area contributed by atoms with E-state index >= 15 is 0 Å². The van der Waals surface area contributed by atoms with Gasteiger partial charge in [0.15, 0.2) is 0 Å². The van der Waals surface area contributed by atoms with Crippen molar-refractivity contribution in [2.45, 2.75) is 26.3 Å². The van der Waals surface area contributed by atoms with Gasteiger partial charge in [-0.15, -0.1) is 0 Å². The molecule has 2 aromatic carbocycles. The van der Waals surface area contributed by atoms with Gasteiger partial charge in [-0.05, 0) is 61.4 Å². The summed E-state index contributed by atoms with van der Waals surface area (Å²) in [4.78, 5) is 34.7. The van der Waals surface area contributed by atoms with Crippen LogP contribution in [0.25, 0.3) is 0 Å². The molecule has 2 aliphatic rings. The first-order valence-electron chi connectivity index (χ1n) is 13.1. The van der Waals surface area contributed by atoms with Crippen molar-refractivity contribution in [3.63, 3.8) is 0 Å². The molecule has 2 fully saturated rings. The third kappa shape index (κ3) is 5.45. The number of hydrogen-bond donors (Lipinski definition) is 1. The second kappa shape index (κ2) is 11.2. The molecule has 0 aliphatic carbocycles. The normalized spacial score (nSPS) is 19.8. The maximum Gasteiger partial charge on any atom is 0.258 e. The Labute approximate surface area is 227 Å². The van der Waals surface area contributed by atoms with Crippen molar-refractivity contribution >= 4 is 23.4 Å². The number of carbonyl (C=O) groups is 2. The number of pyridine rings is 1. The van der Waals surface area contributed by atoms with E-state index in [4.69, 9.17) is 11.6 Å². The fourth-order valence-corrected chi connectivity index (χ4v) is 6.13. The number of halogens is 2. The van der Waals surface area contributed by atoms with E-state index in [9.17, 15) is 14.0 Å². The van der Waals surface area contributed by atoms with E-state index in [1.165, 1.54) is 12.1 Å². The van der Waals surface area contributed by atoms with E-state index in [0.717, 1.165) is 42.9 Å². The van der Waals surface area contributed by atoms with Crippen LogP contribution in [-0.2, 0) is 0 Å². The van der Waals surface area contributed by atoms with E-state index < -0.39 is 5.82 Å². The summed E-state index contributed by atoms with van der Waals surface area (Å²) in [5, 5.41) is 3.40. The standard InChI is InChI=1S/C30H32ClFN4O2/c1-19-11-13-33-20(2)27(19)29(37)34-26(21-7-4-3-5-8-21)12-14-35-15-22-17-36(18-23(22)16-35)30(38)28-24(31)9-6-10-25(28)32/h3-11,13,22-23,26H,12,14-18H2,1-2H3,(H,34,37)/t22-,23?,26?/m0/s1. The van der Waals surface area contributed by atoms with Crippen LogP contribution in [0.1, 0.15) is 50.0 Å². The summed E-state index contributed by atoms with van der Waals surface area (Å²) in [6, 6.07) is 16.1. The van der Waals surface area contributed by atoms with Crippen LogP contribution in [0.2, 0.25) is 5.02 Å². The molecule has 5 rings (SSSR count). The van der Waals surface area contributed by atoms with Gasteiger partial charge in [-0.3, -0.25) is 14.6 Å². The summed E-state index contributed by atoms with van der Waals surface area (Å²) in [7, 11) is 0. The first-order valence-corrected chi connectivity index (χ1v) is 13.4. The SMILES string of the molecule is Cc1ccnc(C)c1C(=O)NC(CCN1CC2CN(C(=O)c3c(F)cccc3Cl)C[C@@H]2C1)c1ccccc1. The molecule has 0 saturated carbocycles. The van der Waals surface area contributed by atoms with Crippen molar-refractivity contribution in [3.8, 4) is 0 Å². The van der Waals surface area contributed by atoms with E-state index in [-0.39, 0.29) is 28.4 Å². The molecule has 38 heavy (non-hydrogen) atoms. The van der Waals surface area contributed by atoms with Crippen LogP contribution in [0.15, 0.2) is 60.8 Å². The van der Waals surface area contributed by atoms with Gasteiger partial charge in [-0.1, -0.05) is 48.0 Å². The molecular weight excluding hydrogens is 503 g/mol. The quantitative estimate of drug-likeness (QED) is 0.460. The van der Waals surface area contributed by atoms with E-state index in [1.807, 2.05) is 50.2 Å². The van der Waals surface area contributed by atoms with Crippen molar-refractivity contribution in [2.75, 3.05) is 32.7 Å². The summed E-state index contributed by atoms with van der Waals surface area (Å²) in [6.07, 6.45) is 2.49. The lowest BCUT2D eigenvalue weighted by Crippen LogP contribution is -2.36. The van der Waals surface area contributed by atoms with Crippen LogP contribution < -0.4 is 5.32 Å². The smallest absolute Gasteiger partial charge is 0.258 e. The number of hydrogen-bond acceptors (Lipinski definition) is 4. The Bertz CT molecular complexity index is 1280. The highest BCUT2D eigenvalue weighted by molar-refractivity contribution is 6.33. The second-order valence-corrected chi connectivity index (χ2v) is 10.8. The number of nitrogens with zero attached hydrogens (tertiary/aromatic N) is 3. The largest absolute Gasteiger partial charge is 0.345 e. The zero-order valence-electron chi connectivity index (χ0n) is 21.7. The van der Waals surface area contributed by atoms with Crippen LogP contribution in [0.3, 0.4) is 0 Å². The number of likely N-dealkylation sites (tertiary alicyclic amines) is 2. The predicted octanol–water partition coefficient (Wildman–Crippen LogP) is 5.06. The fraction of sp³-hybridized carbons (Fsp3) is 0.367. The van der Waals surface area contributed by atoms with Gasteiger partial charge in [-0.25, -0.2) is 4.39 Å². The summed E-state index contributed by atoms with van der Waals surface area (Å²) in [6.45, 7) is 7.55. The van der Waals surface area contributed by atoms with Crippen molar-refractivity contribution in [3.05, 3.63) is 99.6 Å². The van der Waals surface area contributed by atoms with Crippen molar-refractivity contribution in [1.82, 2.24) is 20.1 Å². The average molecular weight is 535 g/mol. The molecule has 1 N–H and O–H groups in total. The van der Waals surface area contributed by atoms with Gasteiger partial charge in [0, 0.05) is 38.9 Å². The number of benzene rings is 2. The Kier molecular flexibility index (Phi) is 7.77. The third-order valence-corrected chi connectivity index (χ3v) is 8.16. The van der Waals surface area contributed by atoms with Gasteiger partial charge in [-0.2, -0.15) is 0 Å². The van der Waals surface area contributed by atoms with Crippen LogP contribution in [0.5, 0.6) is 0 Å². The Balaban J connectivity index is 1.21. The molecule has 3 aromatic rings. The molecule has 2 aliphatic heterocycles. The summed E-state index contributed by atoms with van der Waals surface area (Å²) >= 11 is 6.13. The first-order chi connectivity index (χ1) is 18.3. The van der Waals surface area contributed by atoms with Gasteiger partial charge in [0.2, 0.25) is 0 Å². The number of nitrogens with one attached hydrogen (secondary N) is 1. The minimum absolute atomic E-state index is 0.0356. The van der Waals surface area contributed by atoms with E-state index in [1.54, 1.807) is 17.2 Å². The molecule has 2 saturated heterocycles. The molecule has 8 heteroatoms. The fourth-order valence-electron chi connectivity index (χ4n) is 5.89. The molecule has 2 unspecified atom stereocenters. The number of carbonyl (C=O) groups excluding carboxylic acids is 2. The van der Waals surface area contributed by atoms with E-state index in [0.29, 0.717) is 30.5 Å². The summed E-state index contributed by atoms with van der Waals surface area (Å²) < 4.78 is 14.3. The van der Waals surface area contributed by atoms with Crippen LogP contribution in [0.4, 0.5) is 4.39 Å². The van der Waals surface area contributed by atoms with Gasteiger partial charge in [0.05, 0.1) is 27.9 Å². The number of fused-ring (bicyclic) bond motifs is 1. The molecule has 3 heterocycles. The van der Waals surface area contributed by atoms with Crippen LogP contribution in [0, 0.1) is 31.5 Å². The lowest BCUT2D eigenvalue weighted by Gasteiger charge is -2.25. The van der Waals surface area contributed by atoms with Crippen molar-refractivity contribution in [2.24, 2.45) is 11.8 Å². The number of amides is 2. The minimum atomic E-state index is -0.577. The average Bonchev–Trinajstić information content (AvgIpc) is 3.46. The zero-order valence-corrected chi connectivity index (χ0v) is 22.4. The topological polar surface area (TPSA) is 65.5 Å². The molecule has 0 spiro atoms. The van der Waals surface area contributed by atoms with Gasteiger partial charge in [0.25, 0.3) is 11.8 Å². The molecule has 6 nitrogen and oxygen atoms in total. The Morgan fingerprint density at radius 1 is 1.00 bits per heavy atom. The molecule has 198 valence electrons. The van der Waals surface area contributed by atoms with Crippen molar-refractivity contribution < 1.29 is 14.0 Å². The van der Waals surface area contributed by atoms with Crippen molar-refractivity contribution in [1.29, 1.82) is 0 Å². The Morgan fingerprint density at radius 3 is 2.37 bits per heavy atom. The molecule has 0 bridgehead atoms. The first kappa shape index (κ1) is 26.3. The van der Waals surface area contributed by atoms with Gasteiger partial charge < -0.3 is 15.1 Å². The molecule has 1 aromatic heterocycles. The summed E-state index contributed by atoms with van der Waals surface area (Å²) in [5.74, 6) is -0.333. The second-order valence-electron chi connectivity index (χ2n) is 10.4. The number of aromatic nitrogens is 1. The maximum absolute atomic E-state index is 14.3.